The van der Waals surface area contributed by atoms with Gasteiger partial charge in [0.2, 0.25) is 11.8 Å². The van der Waals surface area contributed by atoms with Gasteiger partial charge in [0, 0.05) is 0 Å². The third kappa shape index (κ3) is 1.25. The lowest BCUT2D eigenvalue weighted by atomic mass is 9.74. The zero-order chi connectivity index (χ0) is 14.1. The van der Waals surface area contributed by atoms with Crippen LogP contribution >= 0.6 is 0 Å². The highest BCUT2D eigenvalue weighted by atomic mass is 16.2. The van der Waals surface area contributed by atoms with E-state index in [2.05, 4.69) is 19.9 Å². The molecule has 0 radical (unpaired) electrons. The van der Waals surface area contributed by atoms with Gasteiger partial charge in [0.05, 0.1) is 17.5 Å². The Morgan fingerprint density at radius 2 is 1.85 bits per heavy atom. The number of fused-ring (bicyclic) bond motifs is 5. The van der Waals surface area contributed by atoms with Crippen LogP contribution in [-0.4, -0.2) is 11.8 Å². The third-order valence-electron chi connectivity index (χ3n) is 5.31. The van der Waals surface area contributed by atoms with Gasteiger partial charge in [0.25, 0.3) is 0 Å². The van der Waals surface area contributed by atoms with Crippen LogP contribution in [0.15, 0.2) is 42.0 Å². The fourth-order valence-electron chi connectivity index (χ4n) is 4.57. The fourth-order valence-corrected chi connectivity index (χ4v) is 4.57. The van der Waals surface area contributed by atoms with E-state index >= 15 is 0 Å². The molecule has 2 aliphatic carbocycles. The van der Waals surface area contributed by atoms with Crippen molar-refractivity contribution in [3.8, 4) is 0 Å². The van der Waals surface area contributed by atoms with Crippen molar-refractivity contribution in [1.82, 2.24) is 0 Å². The molecule has 4 atom stereocenters. The number of anilines is 1. The summed E-state index contributed by atoms with van der Waals surface area (Å²) >= 11 is 0. The summed E-state index contributed by atoms with van der Waals surface area (Å²) in [6.07, 6.45) is 3.17. The Labute approximate surface area is 118 Å². The normalized spacial score (nSPS) is 38.4. The maximum atomic E-state index is 12.8. The minimum Gasteiger partial charge on any atom is -0.274 e. The topological polar surface area (TPSA) is 37.4 Å². The number of carbonyl (C=O) groups excluding carboxylic acids is 2. The molecule has 4 unspecified atom stereocenters. The average Bonchev–Trinajstić information content (AvgIpc) is 2.97. The SMILES string of the molecule is CC1=CC2(C)CC1C1C(=O)N(c3ccccc3)C(=O)C12. The van der Waals surface area contributed by atoms with Crippen LogP contribution in [0.3, 0.4) is 0 Å². The lowest BCUT2D eigenvalue weighted by Crippen LogP contribution is -2.34. The smallest absolute Gasteiger partial charge is 0.238 e. The van der Waals surface area contributed by atoms with Crippen LogP contribution in [0.1, 0.15) is 20.3 Å². The van der Waals surface area contributed by atoms with Crippen LogP contribution in [0.5, 0.6) is 0 Å². The summed E-state index contributed by atoms with van der Waals surface area (Å²) in [6.45, 7) is 4.22. The number of benzene rings is 1. The lowest BCUT2D eigenvalue weighted by Gasteiger charge is -2.26. The van der Waals surface area contributed by atoms with Gasteiger partial charge in [0.1, 0.15) is 0 Å². The van der Waals surface area contributed by atoms with Gasteiger partial charge in [-0.2, -0.15) is 0 Å². The highest BCUT2D eigenvalue weighted by molar-refractivity contribution is 6.23. The summed E-state index contributed by atoms with van der Waals surface area (Å²) in [5, 5.41) is 0. The van der Waals surface area contributed by atoms with Crippen molar-refractivity contribution in [2.75, 3.05) is 4.90 Å². The maximum absolute atomic E-state index is 12.8. The Morgan fingerprint density at radius 3 is 2.55 bits per heavy atom. The molecule has 4 rings (SSSR count). The average molecular weight is 267 g/mol. The lowest BCUT2D eigenvalue weighted by molar-refractivity contribution is -0.123. The van der Waals surface area contributed by atoms with Crippen LogP contribution in [0.25, 0.3) is 0 Å². The Kier molecular flexibility index (Phi) is 2.14. The zero-order valence-electron chi connectivity index (χ0n) is 11.7. The number of allylic oxidation sites excluding steroid dienone is 2. The largest absolute Gasteiger partial charge is 0.274 e. The minimum atomic E-state index is -0.163. The molecule has 1 aromatic carbocycles. The molecule has 1 saturated heterocycles. The summed E-state index contributed by atoms with van der Waals surface area (Å²) in [5.41, 5.74) is 1.86. The van der Waals surface area contributed by atoms with Crippen LogP contribution in [0, 0.1) is 23.2 Å². The number of carbonyl (C=O) groups is 2. The molecular weight excluding hydrogens is 250 g/mol. The first-order valence-corrected chi connectivity index (χ1v) is 7.15. The molecule has 1 heterocycles. The highest BCUT2D eigenvalue weighted by Gasteiger charge is 2.65. The monoisotopic (exact) mass is 267 g/mol. The van der Waals surface area contributed by atoms with E-state index in [1.807, 2.05) is 30.3 Å². The van der Waals surface area contributed by atoms with Crippen molar-refractivity contribution >= 4 is 17.5 Å². The van der Waals surface area contributed by atoms with E-state index in [4.69, 9.17) is 0 Å². The van der Waals surface area contributed by atoms with E-state index in [1.54, 1.807) is 0 Å². The van der Waals surface area contributed by atoms with E-state index in [9.17, 15) is 9.59 Å². The number of hydrogen-bond acceptors (Lipinski definition) is 2. The van der Waals surface area contributed by atoms with Crippen LogP contribution in [-0.2, 0) is 9.59 Å². The first-order valence-electron chi connectivity index (χ1n) is 7.15. The quantitative estimate of drug-likeness (QED) is 0.579. The van der Waals surface area contributed by atoms with E-state index < -0.39 is 0 Å². The predicted molar refractivity (Wildman–Crippen MR) is 75.9 cm³/mol. The minimum absolute atomic E-state index is 0.00706. The number of para-hydroxylation sites is 1. The molecule has 102 valence electrons. The second-order valence-corrected chi connectivity index (χ2v) is 6.56. The summed E-state index contributed by atoms with van der Waals surface area (Å²) in [4.78, 5) is 26.9. The van der Waals surface area contributed by atoms with Crippen molar-refractivity contribution in [1.29, 1.82) is 0 Å². The molecule has 1 aromatic rings. The third-order valence-corrected chi connectivity index (χ3v) is 5.31. The first-order chi connectivity index (χ1) is 9.53. The summed E-state index contributed by atoms with van der Waals surface area (Å²) in [5.74, 6) is -0.0656. The molecule has 2 amide bonds. The van der Waals surface area contributed by atoms with Crippen molar-refractivity contribution in [2.24, 2.45) is 23.2 Å². The van der Waals surface area contributed by atoms with Crippen LogP contribution in [0.4, 0.5) is 5.69 Å². The second-order valence-electron chi connectivity index (χ2n) is 6.56. The molecule has 20 heavy (non-hydrogen) atoms. The van der Waals surface area contributed by atoms with Gasteiger partial charge in [0.15, 0.2) is 0 Å². The van der Waals surface area contributed by atoms with Crippen molar-refractivity contribution in [3.63, 3.8) is 0 Å². The number of nitrogens with zero attached hydrogens (tertiary/aromatic N) is 1. The standard InChI is InChI=1S/C17H17NO2/c1-10-8-17(2)9-12(10)13-14(17)16(20)18(15(13)19)11-6-4-3-5-7-11/h3-8,12-14H,9H2,1-2H3. The van der Waals surface area contributed by atoms with Crippen molar-refractivity contribution in [3.05, 3.63) is 42.0 Å². The molecule has 3 heteroatoms. The number of rotatable bonds is 1. The van der Waals surface area contributed by atoms with E-state index in [1.165, 1.54) is 10.5 Å². The molecule has 3 nitrogen and oxygen atoms in total. The molecule has 3 aliphatic rings. The molecule has 0 N–H and O–H groups in total. The number of amides is 2. The molecule has 2 bridgehead atoms. The zero-order valence-corrected chi connectivity index (χ0v) is 11.7. The molecule has 1 aliphatic heterocycles. The fraction of sp³-hybridized carbons (Fsp3) is 0.412. The molecular formula is C17H17NO2. The van der Waals surface area contributed by atoms with Crippen molar-refractivity contribution in [2.45, 2.75) is 20.3 Å². The highest BCUT2D eigenvalue weighted by Crippen LogP contribution is 2.62. The number of imide groups is 1. The predicted octanol–water partition coefficient (Wildman–Crippen LogP) is 2.78. The van der Waals surface area contributed by atoms with Crippen LogP contribution in [0.2, 0.25) is 0 Å². The van der Waals surface area contributed by atoms with Gasteiger partial charge >= 0.3 is 0 Å². The van der Waals surface area contributed by atoms with Crippen molar-refractivity contribution < 1.29 is 9.59 Å². The maximum Gasteiger partial charge on any atom is 0.238 e. The molecule has 1 saturated carbocycles. The van der Waals surface area contributed by atoms with Gasteiger partial charge in [-0.25, -0.2) is 0 Å². The molecule has 0 aromatic heterocycles. The molecule has 2 fully saturated rings. The number of hydrogen-bond donors (Lipinski definition) is 0. The Morgan fingerprint density at radius 1 is 1.15 bits per heavy atom. The summed E-state index contributed by atoms with van der Waals surface area (Å²) < 4.78 is 0. The summed E-state index contributed by atoms with van der Waals surface area (Å²) in [7, 11) is 0. The molecule has 0 spiro atoms. The summed E-state index contributed by atoms with van der Waals surface area (Å²) in [6, 6.07) is 9.29. The van der Waals surface area contributed by atoms with Gasteiger partial charge in [-0.1, -0.05) is 36.8 Å². The van der Waals surface area contributed by atoms with Gasteiger partial charge in [-0.15, -0.1) is 0 Å². The van der Waals surface area contributed by atoms with Gasteiger partial charge in [-0.3, -0.25) is 14.5 Å². The Balaban J connectivity index is 1.80. The van der Waals surface area contributed by atoms with E-state index in [0.717, 1.165) is 6.42 Å². The van der Waals surface area contributed by atoms with Gasteiger partial charge in [-0.05, 0) is 36.8 Å². The second kappa shape index (κ2) is 3.60. The van der Waals surface area contributed by atoms with Gasteiger partial charge < -0.3 is 0 Å². The first kappa shape index (κ1) is 11.9. The van der Waals surface area contributed by atoms with E-state index in [-0.39, 0.29) is 35.0 Å². The van der Waals surface area contributed by atoms with Crippen LogP contribution < -0.4 is 4.90 Å². The van der Waals surface area contributed by atoms with E-state index in [0.29, 0.717) is 5.69 Å². The Bertz CT molecular complexity index is 648. The Hall–Kier alpha value is -1.90.